The summed E-state index contributed by atoms with van der Waals surface area (Å²) < 4.78 is 7.45. The van der Waals surface area contributed by atoms with Crippen LogP contribution < -0.4 is 11.5 Å². The quantitative estimate of drug-likeness (QED) is 0.442. The average Bonchev–Trinajstić information content (AvgIpc) is 3.05. The van der Waals surface area contributed by atoms with Gasteiger partial charge in [-0.3, -0.25) is 0 Å². The van der Waals surface area contributed by atoms with Crippen LogP contribution in [-0.4, -0.2) is 48.6 Å². The number of aliphatic hydroxyl groups is 2. The van der Waals surface area contributed by atoms with Gasteiger partial charge in [-0.15, -0.1) is 6.58 Å². The lowest BCUT2D eigenvalue weighted by Gasteiger charge is -2.18. The van der Waals surface area contributed by atoms with Crippen molar-refractivity contribution in [2.24, 2.45) is 11.7 Å². The Kier molecular flexibility index (Phi) is 4.02. The van der Waals surface area contributed by atoms with Crippen LogP contribution in [0.2, 0.25) is 0 Å². The van der Waals surface area contributed by atoms with Gasteiger partial charge in [-0.1, -0.05) is 18.3 Å². The second-order valence-corrected chi connectivity index (χ2v) is 5.76. The third-order valence-electron chi connectivity index (χ3n) is 4.05. The normalized spacial score (nSPS) is 27.4. The molecule has 9 heteroatoms. The van der Waals surface area contributed by atoms with E-state index in [9.17, 15) is 10.2 Å². The van der Waals surface area contributed by atoms with E-state index in [0.29, 0.717) is 16.6 Å². The lowest BCUT2D eigenvalue weighted by Crippen LogP contribution is -2.28. The van der Waals surface area contributed by atoms with Gasteiger partial charge in [0.2, 0.25) is 0 Å². The Morgan fingerprint density at radius 3 is 2.87 bits per heavy atom. The van der Waals surface area contributed by atoms with Gasteiger partial charge in [-0.05, 0) is 0 Å². The second kappa shape index (κ2) is 5.85. The van der Waals surface area contributed by atoms with Gasteiger partial charge in [0.1, 0.15) is 35.1 Å². The summed E-state index contributed by atoms with van der Waals surface area (Å²) in [6.45, 7) is 3.43. The number of hydrogen-bond acceptors (Lipinski definition) is 7. The van der Waals surface area contributed by atoms with Crippen LogP contribution >= 0.6 is 12.2 Å². The molecule has 23 heavy (non-hydrogen) atoms. The molecular formula is C14H17N5O3S. The summed E-state index contributed by atoms with van der Waals surface area (Å²) >= 11 is 5.07. The molecule has 3 rings (SSSR count). The highest BCUT2D eigenvalue weighted by molar-refractivity contribution is 7.80. The lowest BCUT2D eigenvalue weighted by molar-refractivity contribution is -0.0440. The minimum atomic E-state index is -0.882. The number of nitrogen functional groups attached to an aromatic ring is 1. The molecule has 0 unspecified atom stereocenters. The molecule has 0 radical (unpaired) electrons. The van der Waals surface area contributed by atoms with E-state index < -0.39 is 24.4 Å². The van der Waals surface area contributed by atoms with Crippen molar-refractivity contribution in [3.05, 3.63) is 30.7 Å². The monoisotopic (exact) mass is 335 g/mol. The Bertz CT molecular complexity index is 777. The number of hydrogen-bond donors (Lipinski definition) is 4. The highest BCUT2D eigenvalue weighted by atomic mass is 32.1. The molecule has 8 nitrogen and oxygen atoms in total. The Balaban J connectivity index is 2.19. The van der Waals surface area contributed by atoms with E-state index in [4.69, 9.17) is 28.4 Å². The average molecular weight is 335 g/mol. The number of aliphatic hydroxyl groups excluding tert-OH is 2. The molecule has 1 saturated heterocycles. The number of nitrogens with two attached hydrogens (primary N) is 2. The fourth-order valence-corrected chi connectivity index (χ4v) is 3.07. The Labute approximate surface area is 137 Å². The summed E-state index contributed by atoms with van der Waals surface area (Å²) in [6, 6.07) is 0. The molecule has 3 heterocycles. The van der Waals surface area contributed by atoms with Crippen LogP contribution in [0.1, 0.15) is 11.8 Å². The molecule has 0 aromatic carbocycles. The van der Waals surface area contributed by atoms with Crippen molar-refractivity contribution < 1.29 is 14.9 Å². The fraction of sp³-hybridized carbons (Fsp3) is 0.357. The molecule has 0 aliphatic carbocycles. The van der Waals surface area contributed by atoms with Gasteiger partial charge in [-0.2, -0.15) is 0 Å². The standard InChI is InChI=1S/C14H17N5O3S/c1-2-6-10(21)8(4-20)22-14(6)19-3-7(12(16)23)9-11(15)17-5-18-13(9)19/h2-3,5-6,8,10,14,20-21H,1,4H2,(H2,16,23)(H2,15,17,18)/t6-,8-,10+,14-/m1/s1. The number of fused-ring (bicyclic) bond motifs is 1. The van der Waals surface area contributed by atoms with Gasteiger partial charge in [-0.25, -0.2) is 9.97 Å². The number of thiocarbonyl (C=S) groups is 1. The van der Waals surface area contributed by atoms with Crippen LogP contribution in [-0.2, 0) is 4.74 Å². The van der Waals surface area contributed by atoms with Gasteiger partial charge >= 0.3 is 0 Å². The van der Waals surface area contributed by atoms with E-state index in [0.717, 1.165) is 0 Å². The van der Waals surface area contributed by atoms with Crippen molar-refractivity contribution in [3.8, 4) is 0 Å². The molecule has 0 amide bonds. The fourth-order valence-electron chi connectivity index (χ4n) is 2.91. The summed E-state index contributed by atoms with van der Waals surface area (Å²) in [5.41, 5.74) is 12.7. The molecule has 6 N–H and O–H groups in total. The first kappa shape index (κ1) is 15.8. The molecule has 0 saturated carbocycles. The van der Waals surface area contributed by atoms with Crippen LogP contribution in [0, 0.1) is 5.92 Å². The Hall–Kier alpha value is -2.07. The molecule has 0 spiro atoms. The zero-order valence-electron chi connectivity index (χ0n) is 12.2. The summed E-state index contributed by atoms with van der Waals surface area (Å²) in [6.07, 6.45) is 2.38. The van der Waals surface area contributed by atoms with Crippen LogP contribution in [0.25, 0.3) is 11.0 Å². The maximum absolute atomic E-state index is 10.2. The van der Waals surface area contributed by atoms with Crippen molar-refractivity contribution in [3.63, 3.8) is 0 Å². The summed E-state index contributed by atoms with van der Waals surface area (Å²) in [7, 11) is 0. The first-order valence-corrected chi connectivity index (χ1v) is 7.38. The van der Waals surface area contributed by atoms with Gasteiger partial charge in [0.15, 0.2) is 0 Å². The van der Waals surface area contributed by atoms with E-state index in [1.165, 1.54) is 6.33 Å². The topological polar surface area (TPSA) is 132 Å². The SMILES string of the molecule is C=C[C@@H]1[C@H](O)[C@@H](CO)O[C@H]1n1cc(C(N)=S)c2c(N)ncnc21. The third-order valence-corrected chi connectivity index (χ3v) is 4.27. The van der Waals surface area contributed by atoms with Crippen LogP contribution in [0.3, 0.4) is 0 Å². The smallest absolute Gasteiger partial charge is 0.148 e. The first-order valence-electron chi connectivity index (χ1n) is 6.97. The number of nitrogens with zero attached hydrogens (tertiary/aromatic N) is 3. The Morgan fingerprint density at radius 1 is 1.52 bits per heavy atom. The van der Waals surface area contributed by atoms with E-state index >= 15 is 0 Å². The van der Waals surface area contributed by atoms with Gasteiger partial charge in [0.05, 0.1) is 24.0 Å². The van der Waals surface area contributed by atoms with Gasteiger partial charge in [0.25, 0.3) is 0 Å². The molecule has 4 atom stereocenters. The largest absolute Gasteiger partial charge is 0.394 e. The summed E-state index contributed by atoms with van der Waals surface area (Å²) in [4.78, 5) is 8.35. The predicted octanol–water partition coefficient (Wildman–Crippen LogP) is -0.299. The summed E-state index contributed by atoms with van der Waals surface area (Å²) in [5, 5.41) is 20.1. The Morgan fingerprint density at radius 2 is 2.26 bits per heavy atom. The molecule has 2 aromatic heterocycles. The molecule has 1 aliphatic rings. The number of rotatable bonds is 4. The molecule has 1 aliphatic heterocycles. The minimum Gasteiger partial charge on any atom is -0.394 e. The minimum absolute atomic E-state index is 0.155. The van der Waals surface area contributed by atoms with E-state index in [2.05, 4.69) is 16.5 Å². The highest BCUT2D eigenvalue weighted by Crippen LogP contribution is 2.38. The van der Waals surface area contributed by atoms with Crippen molar-refractivity contribution in [2.45, 2.75) is 18.4 Å². The van der Waals surface area contributed by atoms with E-state index in [-0.39, 0.29) is 17.4 Å². The molecule has 1 fully saturated rings. The molecule has 2 aromatic rings. The van der Waals surface area contributed by atoms with Crippen LogP contribution in [0.15, 0.2) is 25.2 Å². The number of aromatic nitrogens is 3. The number of ether oxygens (including phenoxy) is 1. The zero-order valence-corrected chi connectivity index (χ0v) is 13.0. The zero-order chi connectivity index (χ0) is 16.7. The van der Waals surface area contributed by atoms with Crippen molar-refractivity contribution in [2.75, 3.05) is 12.3 Å². The first-order chi connectivity index (χ1) is 11.0. The third kappa shape index (κ3) is 2.38. The summed E-state index contributed by atoms with van der Waals surface area (Å²) in [5.74, 6) is -0.179. The van der Waals surface area contributed by atoms with Gasteiger partial charge < -0.3 is 31.0 Å². The second-order valence-electron chi connectivity index (χ2n) is 5.32. The highest BCUT2D eigenvalue weighted by Gasteiger charge is 2.43. The molecule has 122 valence electrons. The predicted molar refractivity (Wildman–Crippen MR) is 88.5 cm³/mol. The molecule has 0 bridgehead atoms. The maximum Gasteiger partial charge on any atom is 0.148 e. The van der Waals surface area contributed by atoms with Crippen molar-refractivity contribution >= 4 is 34.1 Å². The number of anilines is 1. The maximum atomic E-state index is 10.2. The molecular weight excluding hydrogens is 318 g/mol. The van der Waals surface area contributed by atoms with Crippen molar-refractivity contribution in [1.82, 2.24) is 14.5 Å². The van der Waals surface area contributed by atoms with Crippen molar-refractivity contribution in [1.29, 1.82) is 0 Å². The van der Waals surface area contributed by atoms with E-state index in [1.807, 2.05) is 0 Å². The van der Waals surface area contributed by atoms with Crippen LogP contribution in [0.5, 0.6) is 0 Å². The van der Waals surface area contributed by atoms with E-state index in [1.54, 1.807) is 16.8 Å². The van der Waals surface area contributed by atoms with Gasteiger partial charge in [0, 0.05) is 11.8 Å². The lowest BCUT2D eigenvalue weighted by atomic mass is 10.00. The van der Waals surface area contributed by atoms with Crippen LogP contribution in [0.4, 0.5) is 5.82 Å².